The molecule has 7 heteroatoms. The van der Waals surface area contributed by atoms with Crippen LogP contribution in [0.4, 0.5) is 0 Å². The minimum absolute atomic E-state index is 0.107. The number of nitrogens with zero attached hydrogens (tertiary/aromatic N) is 5. The van der Waals surface area contributed by atoms with Crippen LogP contribution in [-0.4, -0.2) is 104 Å². The highest BCUT2D eigenvalue weighted by molar-refractivity contribution is 6.29. The topological polar surface area (TPSA) is 34.6 Å². The van der Waals surface area contributed by atoms with Crippen molar-refractivity contribution >= 4 is 17.6 Å². The fraction of sp³-hybridized carbons (Fsp3) is 0.880. The number of hydrogen-bond acceptors (Lipinski definition) is 5. The van der Waals surface area contributed by atoms with E-state index in [-0.39, 0.29) is 12.0 Å². The summed E-state index contributed by atoms with van der Waals surface area (Å²) >= 11 is 6.07. The first-order valence-corrected chi connectivity index (χ1v) is 13.1. The van der Waals surface area contributed by atoms with Crippen LogP contribution in [0.1, 0.15) is 53.9 Å². The summed E-state index contributed by atoms with van der Waals surface area (Å²) in [4.78, 5) is 14.7. The third-order valence-electron chi connectivity index (χ3n) is 6.79. The third kappa shape index (κ3) is 9.98. The van der Waals surface area contributed by atoms with Gasteiger partial charge in [-0.25, -0.2) is 4.99 Å². The molecule has 0 aromatic rings. The largest absolute Gasteiger partial charge is 0.461 e. The van der Waals surface area contributed by atoms with Gasteiger partial charge in [-0.3, -0.25) is 9.80 Å². The Morgan fingerprint density at radius 2 is 1.69 bits per heavy atom. The van der Waals surface area contributed by atoms with Crippen LogP contribution >= 0.6 is 11.6 Å². The van der Waals surface area contributed by atoms with Crippen molar-refractivity contribution in [2.45, 2.75) is 60.0 Å². The maximum atomic E-state index is 6.45. The lowest BCUT2D eigenvalue weighted by Gasteiger charge is -2.37. The van der Waals surface area contributed by atoms with Crippen LogP contribution in [0.15, 0.2) is 16.1 Å². The van der Waals surface area contributed by atoms with Gasteiger partial charge in [0.25, 0.3) is 6.02 Å². The fourth-order valence-corrected chi connectivity index (χ4v) is 4.90. The van der Waals surface area contributed by atoms with E-state index in [0.717, 1.165) is 76.0 Å². The van der Waals surface area contributed by atoms with E-state index in [4.69, 9.17) is 21.3 Å². The van der Waals surface area contributed by atoms with Crippen molar-refractivity contribution in [3.63, 3.8) is 0 Å². The molecule has 0 spiro atoms. The van der Waals surface area contributed by atoms with E-state index in [2.05, 4.69) is 60.4 Å². The summed E-state index contributed by atoms with van der Waals surface area (Å²) in [5, 5.41) is 0.821. The van der Waals surface area contributed by atoms with Gasteiger partial charge >= 0.3 is 0 Å². The Morgan fingerprint density at radius 1 is 1.06 bits per heavy atom. The summed E-state index contributed by atoms with van der Waals surface area (Å²) in [7, 11) is 2.12. The predicted molar refractivity (Wildman–Crippen MR) is 137 cm³/mol. The fourth-order valence-electron chi connectivity index (χ4n) is 4.68. The molecule has 0 aliphatic carbocycles. The number of amidine groups is 1. The van der Waals surface area contributed by atoms with E-state index in [1.807, 2.05) is 6.92 Å². The molecule has 6 nitrogen and oxygen atoms in total. The van der Waals surface area contributed by atoms with Gasteiger partial charge in [0, 0.05) is 57.9 Å². The Bertz CT molecular complexity index is 579. The summed E-state index contributed by atoms with van der Waals surface area (Å²) < 4.78 is 6.45. The lowest BCUT2D eigenvalue weighted by Crippen LogP contribution is -2.49. The van der Waals surface area contributed by atoms with E-state index >= 15 is 0 Å². The average Bonchev–Trinajstić information content (AvgIpc) is 2.77. The Kier molecular flexibility index (Phi) is 12.4. The van der Waals surface area contributed by atoms with E-state index in [1.165, 1.54) is 19.3 Å². The van der Waals surface area contributed by atoms with Gasteiger partial charge in [0.15, 0.2) is 0 Å². The summed E-state index contributed by atoms with van der Waals surface area (Å²) in [5.74, 6) is 1.18. The van der Waals surface area contributed by atoms with E-state index in [0.29, 0.717) is 6.54 Å². The molecule has 0 bridgehead atoms. The van der Waals surface area contributed by atoms with Crippen molar-refractivity contribution in [2.24, 2.45) is 16.8 Å². The smallest absolute Gasteiger partial charge is 0.288 e. The number of likely N-dealkylation sites (N-methyl/N-ethyl adjacent to an activating group) is 1. The quantitative estimate of drug-likeness (QED) is 0.354. The maximum Gasteiger partial charge on any atom is 0.288 e. The Balaban J connectivity index is 1.94. The standard InChI is InChI=1S/C25H48ClN5O/c1-7-24-9-11-31(12-10-24)20-28(6)25(27-18-21(3)17-22(4)26)32-23(5)19-30-15-13-29(8-2)14-16-30/h17,21,23-24H,7-16,18-20H2,1-6H3/b22-17+,27-25+. The number of hydrogen-bond donors (Lipinski definition) is 0. The molecule has 0 amide bonds. The van der Waals surface area contributed by atoms with Crippen molar-refractivity contribution in [3.05, 3.63) is 11.1 Å². The van der Waals surface area contributed by atoms with Crippen LogP contribution in [0.5, 0.6) is 0 Å². The van der Waals surface area contributed by atoms with Gasteiger partial charge in [-0.1, -0.05) is 44.9 Å². The van der Waals surface area contributed by atoms with E-state index in [1.54, 1.807) is 0 Å². The summed E-state index contributed by atoms with van der Waals surface area (Å²) in [6.07, 6.45) is 6.07. The molecule has 32 heavy (non-hydrogen) atoms. The first-order valence-electron chi connectivity index (χ1n) is 12.7. The number of likely N-dealkylation sites (tertiary alicyclic amines) is 1. The number of piperidine rings is 1. The normalized spacial score (nSPS) is 22.7. The lowest BCUT2D eigenvalue weighted by molar-refractivity contribution is 0.0697. The Labute approximate surface area is 202 Å². The molecule has 2 aliphatic rings. The van der Waals surface area contributed by atoms with Crippen molar-refractivity contribution in [3.8, 4) is 0 Å². The number of piperazine rings is 1. The molecule has 2 saturated heterocycles. The summed E-state index contributed by atoms with van der Waals surface area (Å²) in [6, 6.07) is 0.759. The molecule has 0 radical (unpaired) electrons. The molecule has 0 saturated carbocycles. The molecule has 2 aliphatic heterocycles. The van der Waals surface area contributed by atoms with E-state index < -0.39 is 0 Å². The Morgan fingerprint density at radius 3 is 2.25 bits per heavy atom. The van der Waals surface area contributed by atoms with Gasteiger partial charge in [-0.2, -0.15) is 0 Å². The van der Waals surface area contributed by atoms with Crippen molar-refractivity contribution in [1.82, 2.24) is 19.6 Å². The second kappa shape index (κ2) is 14.4. The summed E-state index contributed by atoms with van der Waals surface area (Å²) in [6.45, 7) is 21.3. The minimum Gasteiger partial charge on any atom is -0.461 e. The second-order valence-corrected chi connectivity index (χ2v) is 10.4. The number of rotatable bonds is 10. The molecule has 2 rings (SSSR count). The molecule has 0 aromatic carbocycles. The van der Waals surface area contributed by atoms with Crippen LogP contribution in [0.2, 0.25) is 0 Å². The molecule has 0 N–H and O–H groups in total. The lowest BCUT2D eigenvalue weighted by atomic mass is 9.95. The number of allylic oxidation sites excluding steroid dienone is 1. The molecule has 186 valence electrons. The van der Waals surface area contributed by atoms with Gasteiger partial charge in [0.1, 0.15) is 6.10 Å². The zero-order valence-electron chi connectivity index (χ0n) is 21.5. The van der Waals surface area contributed by atoms with Gasteiger partial charge < -0.3 is 14.5 Å². The highest BCUT2D eigenvalue weighted by Crippen LogP contribution is 2.20. The molecule has 2 atom stereocenters. The zero-order chi connectivity index (χ0) is 23.5. The molecular formula is C25H48ClN5O. The molecule has 0 aromatic heterocycles. The van der Waals surface area contributed by atoms with Crippen LogP contribution < -0.4 is 0 Å². The van der Waals surface area contributed by atoms with Crippen LogP contribution in [0.25, 0.3) is 0 Å². The SMILES string of the molecule is CCC1CCN(CN(C)/C(=N\CC(C)/C=C(\C)Cl)OC(C)CN2CCN(CC)CC2)CC1. The van der Waals surface area contributed by atoms with Gasteiger partial charge in [0.05, 0.1) is 13.2 Å². The molecular weight excluding hydrogens is 422 g/mol. The molecule has 2 heterocycles. The minimum atomic E-state index is 0.107. The van der Waals surface area contributed by atoms with Crippen LogP contribution in [0.3, 0.4) is 0 Å². The van der Waals surface area contributed by atoms with Crippen molar-refractivity contribution < 1.29 is 4.74 Å². The monoisotopic (exact) mass is 469 g/mol. The molecule has 2 unspecified atom stereocenters. The van der Waals surface area contributed by atoms with Gasteiger partial charge in [-0.05, 0) is 45.1 Å². The number of halogens is 1. The maximum absolute atomic E-state index is 6.45. The first kappa shape index (κ1) is 27.4. The van der Waals surface area contributed by atoms with E-state index in [9.17, 15) is 0 Å². The zero-order valence-corrected chi connectivity index (χ0v) is 22.3. The van der Waals surface area contributed by atoms with Crippen LogP contribution in [-0.2, 0) is 4.74 Å². The first-order chi connectivity index (χ1) is 15.3. The van der Waals surface area contributed by atoms with Crippen molar-refractivity contribution in [1.29, 1.82) is 0 Å². The average molecular weight is 470 g/mol. The van der Waals surface area contributed by atoms with Crippen LogP contribution in [0, 0.1) is 11.8 Å². The predicted octanol–water partition coefficient (Wildman–Crippen LogP) is 4.18. The Hall–Kier alpha value is -0.820. The van der Waals surface area contributed by atoms with Gasteiger partial charge in [-0.15, -0.1) is 0 Å². The van der Waals surface area contributed by atoms with Crippen molar-refractivity contribution in [2.75, 3.05) is 72.6 Å². The summed E-state index contributed by atoms with van der Waals surface area (Å²) in [5.41, 5.74) is 0. The van der Waals surface area contributed by atoms with Gasteiger partial charge in [0.2, 0.25) is 0 Å². The molecule has 2 fully saturated rings. The number of aliphatic imine (C=N–C) groups is 1. The highest BCUT2D eigenvalue weighted by atomic mass is 35.5. The third-order valence-corrected chi connectivity index (χ3v) is 6.91. The second-order valence-electron chi connectivity index (χ2n) is 9.83. The highest BCUT2D eigenvalue weighted by Gasteiger charge is 2.23. The number of ether oxygens (including phenoxy) is 1.